The molecule has 0 radical (unpaired) electrons. The van der Waals surface area contributed by atoms with Crippen LogP contribution in [0.15, 0.2) is 62.9 Å². The van der Waals surface area contributed by atoms with Gasteiger partial charge in [-0.15, -0.1) is 11.3 Å². The number of hydrogen-bond acceptors (Lipinski definition) is 6. The average molecular weight is 397 g/mol. The number of furan rings is 1. The van der Waals surface area contributed by atoms with Gasteiger partial charge < -0.3 is 14.5 Å². The van der Waals surface area contributed by atoms with Crippen LogP contribution >= 0.6 is 11.3 Å². The number of rotatable bonds is 4. The molecule has 2 aliphatic rings. The van der Waals surface area contributed by atoms with Crippen molar-refractivity contribution in [2.45, 2.75) is 51.6 Å². The number of carbonyl (C=O) groups is 2. The lowest BCUT2D eigenvalue weighted by Crippen LogP contribution is -2.36. The standard InChI is InChI=1S/C22H23NO4S/c1-12(2)27-22(25)19-13(3)23-15-10-14(17-6-4-8-26-17)11-16(24)20(15)21(19)18-7-5-9-28-18/h4-9,12,14,21,23H,10-11H2,1-3H3/t14-,21+/m1/s1. The van der Waals surface area contributed by atoms with E-state index in [1.165, 1.54) is 0 Å². The first kappa shape index (κ1) is 18.7. The molecule has 6 heteroatoms. The van der Waals surface area contributed by atoms with E-state index in [-0.39, 0.29) is 29.7 Å². The van der Waals surface area contributed by atoms with Crippen LogP contribution in [0.3, 0.4) is 0 Å². The largest absolute Gasteiger partial charge is 0.469 e. The fourth-order valence-electron chi connectivity index (χ4n) is 4.05. The van der Waals surface area contributed by atoms with Crippen LogP contribution in [0.5, 0.6) is 0 Å². The van der Waals surface area contributed by atoms with E-state index in [0.29, 0.717) is 24.0 Å². The fraction of sp³-hybridized carbons (Fsp3) is 0.364. The summed E-state index contributed by atoms with van der Waals surface area (Å²) in [7, 11) is 0. The van der Waals surface area contributed by atoms with Gasteiger partial charge in [0.2, 0.25) is 0 Å². The van der Waals surface area contributed by atoms with E-state index in [9.17, 15) is 9.59 Å². The molecule has 0 unspecified atom stereocenters. The van der Waals surface area contributed by atoms with Gasteiger partial charge in [-0.05, 0) is 50.8 Å². The number of carbonyl (C=O) groups excluding carboxylic acids is 2. The summed E-state index contributed by atoms with van der Waals surface area (Å²) in [5.74, 6) is 0.130. The van der Waals surface area contributed by atoms with Gasteiger partial charge in [0.15, 0.2) is 5.78 Å². The van der Waals surface area contributed by atoms with Gasteiger partial charge >= 0.3 is 5.97 Å². The molecule has 2 atom stereocenters. The first-order valence-corrected chi connectivity index (χ1v) is 10.4. The predicted octanol–water partition coefficient (Wildman–Crippen LogP) is 4.65. The second-order valence-electron chi connectivity index (χ2n) is 7.50. The number of thiophene rings is 1. The van der Waals surface area contributed by atoms with Gasteiger partial charge in [0.1, 0.15) is 5.76 Å². The smallest absolute Gasteiger partial charge is 0.337 e. The van der Waals surface area contributed by atoms with E-state index in [1.807, 2.05) is 50.4 Å². The third-order valence-electron chi connectivity index (χ3n) is 5.16. The maximum absolute atomic E-state index is 13.2. The Morgan fingerprint density at radius 2 is 2.11 bits per heavy atom. The highest BCUT2D eigenvalue weighted by molar-refractivity contribution is 7.10. The Hall–Kier alpha value is -2.60. The molecule has 0 saturated carbocycles. The topological polar surface area (TPSA) is 68.5 Å². The van der Waals surface area contributed by atoms with E-state index in [0.717, 1.165) is 22.0 Å². The number of nitrogens with one attached hydrogen (secondary N) is 1. The van der Waals surface area contributed by atoms with Gasteiger partial charge in [-0.3, -0.25) is 4.79 Å². The Labute approximate surface area is 168 Å². The van der Waals surface area contributed by atoms with Crippen molar-refractivity contribution in [3.63, 3.8) is 0 Å². The average Bonchev–Trinajstić information content (AvgIpc) is 3.33. The number of dihydropyridines is 1. The Morgan fingerprint density at radius 1 is 1.29 bits per heavy atom. The third kappa shape index (κ3) is 3.33. The summed E-state index contributed by atoms with van der Waals surface area (Å²) < 4.78 is 11.0. The first-order chi connectivity index (χ1) is 13.5. The zero-order chi connectivity index (χ0) is 19.8. The molecule has 0 bridgehead atoms. The Kier molecular flexibility index (Phi) is 4.98. The van der Waals surface area contributed by atoms with E-state index >= 15 is 0 Å². The molecule has 1 aliphatic heterocycles. The fourth-order valence-corrected chi connectivity index (χ4v) is 4.90. The van der Waals surface area contributed by atoms with Crippen molar-refractivity contribution >= 4 is 23.1 Å². The van der Waals surface area contributed by atoms with Crippen LogP contribution in [-0.2, 0) is 14.3 Å². The molecule has 2 aromatic heterocycles. The summed E-state index contributed by atoms with van der Waals surface area (Å²) in [5, 5.41) is 5.31. The summed E-state index contributed by atoms with van der Waals surface area (Å²) in [6.45, 7) is 5.53. The van der Waals surface area contributed by atoms with Crippen molar-refractivity contribution in [2.24, 2.45) is 0 Å². The number of esters is 1. The summed E-state index contributed by atoms with van der Waals surface area (Å²) in [5.41, 5.74) is 2.84. The molecule has 2 aromatic rings. The molecule has 1 N–H and O–H groups in total. The zero-order valence-electron chi connectivity index (χ0n) is 16.2. The summed E-state index contributed by atoms with van der Waals surface area (Å²) >= 11 is 1.55. The van der Waals surface area contributed by atoms with Gasteiger partial charge in [-0.2, -0.15) is 0 Å². The molecule has 0 amide bonds. The quantitative estimate of drug-likeness (QED) is 0.761. The second kappa shape index (κ2) is 7.43. The normalized spacial score (nSPS) is 22.4. The lowest BCUT2D eigenvalue weighted by Gasteiger charge is -2.35. The number of hydrogen-bond donors (Lipinski definition) is 1. The molecular weight excluding hydrogens is 374 g/mol. The van der Waals surface area contributed by atoms with Crippen molar-refractivity contribution in [3.05, 3.63) is 69.1 Å². The SMILES string of the molecule is CC1=C(C(=O)OC(C)C)[C@H](c2cccs2)C2=C(C[C@@H](c3ccco3)CC2=O)N1. The molecule has 1 aliphatic carbocycles. The van der Waals surface area contributed by atoms with Gasteiger partial charge in [-0.25, -0.2) is 4.79 Å². The molecule has 0 fully saturated rings. The van der Waals surface area contributed by atoms with E-state index in [2.05, 4.69) is 5.32 Å². The summed E-state index contributed by atoms with van der Waals surface area (Å²) in [6.07, 6.45) is 2.47. The lowest BCUT2D eigenvalue weighted by molar-refractivity contribution is -0.143. The molecule has 0 spiro atoms. The maximum Gasteiger partial charge on any atom is 0.337 e. The first-order valence-electron chi connectivity index (χ1n) is 9.47. The summed E-state index contributed by atoms with van der Waals surface area (Å²) in [4.78, 5) is 27.1. The lowest BCUT2D eigenvalue weighted by atomic mass is 9.74. The van der Waals surface area contributed by atoms with Crippen LogP contribution in [-0.4, -0.2) is 17.9 Å². The molecule has 28 heavy (non-hydrogen) atoms. The summed E-state index contributed by atoms with van der Waals surface area (Å²) in [6, 6.07) is 7.68. The molecular formula is C22H23NO4S. The minimum Gasteiger partial charge on any atom is -0.469 e. The molecule has 0 saturated heterocycles. The van der Waals surface area contributed by atoms with Crippen LogP contribution in [0, 0.1) is 0 Å². The van der Waals surface area contributed by atoms with E-state index in [1.54, 1.807) is 17.6 Å². The van der Waals surface area contributed by atoms with Crippen LogP contribution in [0.4, 0.5) is 0 Å². The molecule has 5 nitrogen and oxygen atoms in total. The van der Waals surface area contributed by atoms with Crippen molar-refractivity contribution in [1.29, 1.82) is 0 Å². The van der Waals surface area contributed by atoms with Crippen molar-refractivity contribution < 1.29 is 18.7 Å². The van der Waals surface area contributed by atoms with Crippen molar-refractivity contribution in [2.75, 3.05) is 0 Å². The molecule has 3 heterocycles. The zero-order valence-corrected chi connectivity index (χ0v) is 17.0. The highest BCUT2D eigenvalue weighted by Crippen LogP contribution is 2.46. The predicted molar refractivity (Wildman–Crippen MR) is 107 cm³/mol. The maximum atomic E-state index is 13.2. The highest BCUT2D eigenvalue weighted by atomic mass is 32.1. The molecule has 146 valence electrons. The Bertz CT molecular complexity index is 951. The van der Waals surface area contributed by atoms with Crippen LogP contribution in [0.1, 0.15) is 56.1 Å². The number of ketones is 1. The van der Waals surface area contributed by atoms with E-state index < -0.39 is 0 Å². The van der Waals surface area contributed by atoms with Crippen molar-refractivity contribution in [3.8, 4) is 0 Å². The Morgan fingerprint density at radius 3 is 2.75 bits per heavy atom. The van der Waals surface area contributed by atoms with Crippen molar-refractivity contribution in [1.82, 2.24) is 5.32 Å². The molecule has 0 aromatic carbocycles. The minimum absolute atomic E-state index is 0.00898. The second-order valence-corrected chi connectivity index (χ2v) is 8.48. The van der Waals surface area contributed by atoms with Gasteiger partial charge in [-0.1, -0.05) is 6.07 Å². The number of Topliss-reactive ketones (excluding diaryl/α,β-unsaturated/α-hetero) is 1. The molecule has 4 rings (SSSR count). The van der Waals surface area contributed by atoms with Crippen LogP contribution in [0.2, 0.25) is 0 Å². The minimum atomic E-state index is -0.382. The Balaban J connectivity index is 1.77. The van der Waals surface area contributed by atoms with Gasteiger partial charge in [0.05, 0.1) is 23.9 Å². The number of allylic oxidation sites excluding steroid dienone is 3. The highest BCUT2D eigenvalue weighted by Gasteiger charge is 2.42. The van der Waals surface area contributed by atoms with Gasteiger partial charge in [0.25, 0.3) is 0 Å². The third-order valence-corrected chi connectivity index (χ3v) is 6.10. The monoisotopic (exact) mass is 397 g/mol. The van der Waals surface area contributed by atoms with Crippen LogP contribution in [0.25, 0.3) is 0 Å². The van der Waals surface area contributed by atoms with E-state index in [4.69, 9.17) is 9.15 Å². The van der Waals surface area contributed by atoms with Crippen LogP contribution < -0.4 is 5.32 Å². The number of ether oxygens (including phenoxy) is 1. The van der Waals surface area contributed by atoms with Gasteiger partial charge in [0, 0.05) is 34.2 Å².